The molecule has 0 unspecified atom stereocenters. The molecule has 0 aliphatic carbocycles. The second kappa shape index (κ2) is 9.32. The van der Waals surface area contributed by atoms with Crippen molar-refractivity contribution in [2.24, 2.45) is 5.92 Å². The van der Waals surface area contributed by atoms with Crippen LogP contribution in [0.2, 0.25) is 0 Å². The van der Waals surface area contributed by atoms with Crippen LogP contribution in [-0.2, 0) is 16.4 Å². The van der Waals surface area contributed by atoms with E-state index in [2.05, 4.69) is 10.7 Å². The topological polar surface area (TPSA) is 98.1 Å². The third-order valence-corrected chi connectivity index (χ3v) is 7.40. The van der Waals surface area contributed by atoms with Gasteiger partial charge in [0.2, 0.25) is 10.0 Å². The lowest BCUT2D eigenvalue weighted by atomic mass is 10.0. The van der Waals surface area contributed by atoms with Gasteiger partial charge in [-0.25, -0.2) is 13.4 Å². The molecule has 6 nitrogen and oxygen atoms in total. The molecule has 2 aromatic carbocycles. The van der Waals surface area contributed by atoms with Crippen molar-refractivity contribution in [1.82, 2.24) is 9.29 Å². The van der Waals surface area contributed by atoms with Crippen molar-refractivity contribution in [2.45, 2.75) is 37.3 Å². The maximum absolute atomic E-state index is 13.3. The Balaban J connectivity index is 1.80. The lowest BCUT2D eigenvalue weighted by molar-refractivity contribution is -0.437. The van der Waals surface area contributed by atoms with E-state index >= 15 is 0 Å². The molecule has 156 valence electrons. The summed E-state index contributed by atoms with van der Waals surface area (Å²) in [6.45, 7) is 4.28. The molecule has 0 fully saturated rings. The largest absolute Gasteiger partial charge is 0.386 e. The molecule has 0 spiro atoms. The smallest absolute Gasteiger partial charge is 0.243 e. The van der Waals surface area contributed by atoms with Gasteiger partial charge >= 0.3 is 0 Å². The number of nitrogens with zero attached hydrogens (tertiary/aromatic N) is 2. The van der Waals surface area contributed by atoms with Gasteiger partial charge in [0.05, 0.1) is 20.6 Å². The van der Waals surface area contributed by atoms with E-state index in [1.54, 1.807) is 23.7 Å². The number of sulfonamides is 1. The predicted octanol–water partition coefficient (Wildman–Crippen LogP) is 2.16. The molecule has 0 saturated carbocycles. The molecule has 8 heteroatoms. The number of aliphatic hydroxyl groups excluding tert-OH is 1. The molecule has 0 amide bonds. The van der Waals surface area contributed by atoms with Crippen LogP contribution >= 0.6 is 11.3 Å². The molecule has 0 aliphatic rings. The summed E-state index contributed by atoms with van der Waals surface area (Å²) in [7, 11) is -3.74. The maximum atomic E-state index is 13.3. The lowest BCUT2D eigenvalue weighted by Gasteiger charge is -2.27. The van der Waals surface area contributed by atoms with Gasteiger partial charge in [0.15, 0.2) is 0 Å². The maximum Gasteiger partial charge on any atom is 0.243 e. The Labute approximate surface area is 176 Å². The molecule has 1 aromatic heterocycles. The zero-order chi connectivity index (χ0) is 21.0. The van der Waals surface area contributed by atoms with E-state index in [0.29, 0.717) is 13.0 Å². The van der Waals surface area contributed by atoms with E-state index in [0.717, 1.165) is 15.8 Å². The van der Waals surface area contributed by atoms with Crippen molar-refractivity contribution in [3.63, 3.8) is 0 Å². The Morgan fingerprint density at radius 3 is 2.55 bits per heavy atom. The van der Waals surface area contributed by atoms with Crippen LogP contribution in [-0.4, -0.2) is 48.0 Å². The van der Waals surface area contributed by atoms with Crippen LogP contribution in [0.4, 0.5) is 0 Å². The molecule has 3 aromatic rings. The lowest BCUT2D eigenvalue weighted by Crippen LogP contribution is -2.69. The third kappa shape index (κ3) is 5.40. The fourth-order valence-electron chi connectivity index (χ4n) is 3.23. The van der Waals surface area contributed by atoms with Crippen molar-refractivity contribution in [3.05, 3.63) is 59.6 Å². The van der Waals surface area contributed by atoms with E-state index in [1.807, 2.05) is 44.2 Å². The van der Waals surface area contributed by atoms with Gasteiger partial charge in [-0.05, 0) is 29.7 Å². The highest BCUT2D eigenvalue weighted by Gasteiger charge is 2.30. The highest BCUT2D eigenvalue weighted by atomic mass is 32.2. The van der Waals surface area contributed by atoms with Crippen molar-refractivity contribution >= 4 is 31.6 Å². The Hall–Kier alpha value is -1.84. The minimum Gasteiger partial charge on any atom is -0.386 e. The van der Waals surface area contributed by atoms with Gasteiger partial charge in [-0.1, -0.05) is 44.2 Å². The van der Waals surface area contributed by atoms with Crippen LogP contribution < -0.4 is 5.73 Å². The minimum atomic E-state index is -3.74. The average Bonchev–Trinajstić information content (AvgIpc) is 3.15. The Bertz CT molecular complexity index is 1040. The SMILES string of the molecule is CC(C)CN(C[C@@H](O)[C@@H]([NH3+])Cc1ccccc1)S(=O)(=O)c1ccc2ncsc2c1. The van der Waals surface area contributed by atoms with Gasteiger partial charge in [-0.2, -0.15) is 4.31 Å². The van der Waals surface area contributed by atoms with E-state index in [9.17, 15) is 13.5 Å². The summed E-state index contributed by atoms with van der Waals surface area (Å²) in [5.74, 6) is 0.126. The number of hydrogen-bond acceptors (Lipinski definition) is 5. The molecule has 3 rings (SSSR count). The Morgan fingerprint density at radius 2 is 1.86 bits per heavy atom. The number of hydrogen-bond donors (Lipinski definition) is 2. The summed E-state index contributed by atoms with van der Waals surface area (Å²) in [5.41, 5.74) is 7.63. The number of aromatic nitrogens is 1. The van der Waals surface area contributed by atoms with Crippen LogP contribution in [0.1, 0.15) is 19.4 Å². The first-order valence-corrected chi connectivity index (χ1v) is 12.0. The predicted molar refractivity (Wildman–Crippen MR) is 116 cm³/mol. The summed E-state index contributed by atoms with van der Waals surface area (Å²) < 4.78 is 28.9. The van der Waals surface area contributed by atoms with E-state index in [1.165, 1.54) is 15.6 Å². The van der Waals surface area contributed by atoms with Crippen LogP contribution in [0, 0.1) is 5.92 Å². The van der Waals surface area contributed by atoms with Gasteiger partial charge in [0.25, 0.3) is 0 Å². The Morgan fingerprint density at radius 1 is 1.14 bits per heavy atom. The normalized spacial score (nSPS) is 14.6. The monoisotopic (exact) mass is 434 g/mol. The van der Waals surface area contributed by atoms with Crippen molar-refractivity contribution in [3.8, 4) is 0 Å². The van der Waals surface area contributed by atoms with Gasteiger partial charge < -0.3 is 10.8 Å². The summed E-state index contributed by atoms with van der Waals surface area (Å²) in [6, 6.07) is 14.5. The molecule has 29 heavy (non-hydrogen) atoms. The first-order chi connectivity index (χ1) is 13.8. The minimum absolute atomic E-state index is 0.0161. The number of benzene rings is 2. The molecular weight excluding hydrogens is 406 g/mol. The molecule has 0 aliphatic heterocycles. The molecule has 0 saturated heterocycles. The fraction of sp³-hybridized carbons (Fsp3) is 0.381. The summed E-state index contributed by atoms with van der Waals surface area (Å²) in [5, 5.41) is 10.7. The van der Waals surface area contributed by atoms with Crippen molar-refractivity contribution in [1.29, 1.82) is 0 Å². The van der Waals surface area contributed by atoms with Gasteiger partial charge in [-0.3, -0.25) is 0 Å². The van der Waals surface area contributed by atoms with Gasteiger partial charge in [0, 0.05) is 19.5 Å². The second-order valence-electron chi connectivity index (χ2n) is 7.71. The molecule has 0 radical (unpaired) electrons. The van der Waals surface area contributed by atoms with E-state index < -0.39 is 16.1 Å². The molecular formula is C21H28N3O3S2+. The first kappa shape index (κ1) is 21.9. The fourth-order valence-corrected chi connectivity index (χ4v) is 5.67. The highest BCUT2D eigenvalue weighted by Crippen LogP contribution is 2.25. The first-order valence-electron chi connectivity index (χ1n) is 9.66. The molecule has 0 bridgehead atoms. The molecule has 2 atom stereocenters. The number of rotatable bonds is 9. The van der Waals surface area contributed by atoms with Crippen molar-refractivity contribution < 1.29 is 19.3 Å². The number of aliphatic hydroxyl groups is 1. The standard InChI is InChI=1S/C21H27N3O3S2/c1-15(2)12-24(13-20(25)18(22)10-16-6-4-3-5-7-16)29(26,27)17-8-9-19-21(11-17)28-14-23-19/h3-9,11,14-15,18,20,25H,10,12-13,22H2,1-2H3/p+1/t18-,20+/m0/s1. The second-order valence-corrected chi connectivity index (χ2v) is 10.5. The van der Waals surface area contributed by atoms with E-state index in [-0.39, 0.29) is 23.4 Å². The number of thiazole rings is 1. The number of fused-ring (bicyclic) bond motifs is 1. The van der Waals surface area contributed by atoms with Crippen LogP contribution in [0.3, 0.4) is 0 Å². The van der Waals surface area contributed by atoms with Crippen molar-refractivity contribution in [2.75, 3.05) is 13.1 Å². The van der Waals surface area contributed by atoms with Gasteiger partial charge in [0.1, 0.15) is 12.1 Å². The van der Waals surface area contributed by atoms with Crippen LogP contribution in [0.25, 0.3) is 10.2 Å². The zero-order valence-electron chi connectivity index (χ0n) is 16.7. The molecule has 4 N–H and O–H groups in total. The summed E-state index contributed by atoms with van der Waals surface area (Å²) in [4.78, 5) is 4.44. The average molecular weight is 435 g/mol. The number of quaternary nitrogens is 1. The summed E-state index contributed by atoms with van der Waals surface area (Å²) in [6.07, 6.45) is -0.277. The third-order valence-electron chi connectivity index (χ3n) is 4.78. The zero-order valence-corrected chi connectivity index (χ0v) is 18.4. The van der Waals surface area contributed by atoms with E-state index in [4.69, 9.17) is 0 Å². The van der Waals surface area contributed by atoms with Crippen LogP contribution in [0.15, 0.2) is 58.9 Å². The highest BCUT2D eigenvalue weighted by molar-refractivity contribution is 7.89. The van der Waals surface area contributed by atoms with Gasteiger partial charge in [-0.15, -0.1) is 11.3 Å². The quantitative estimate of drug-likeness (QED) is 0.539. The van der Waals surface area contributed by atoms with Crippen LogP contribution in [0.5, 0.6) is 0 Å². The Kier molecular flexibility index (Phi) is 7.02. The summed E-state index contributed by atoms with van der Waals surface area (Å²) >= 11 is 1.41. The molecule has 1 heterocycles.